The lowest BCUT2D eigenvalue weighted by Gasteiger charge is -2.32. The van der Waals surface area contributed by atoms with Crippen molar-refractivity contribution in [2.24, 2.45) is 0 Å². The van der Waals surface area contributed by atoms with Crippen LogP contribution in [0.2, 0.25) is 0 Å². The van der Waals surface area contributed by atoms with Gasteiger partial charge in [0.15, 0.2) is 4.96 Å². The Morgan fingerprint density at radius 2 is 1.18 bits per heavy atom. The number of rotatable bonds is 4. The van der Waals surface area contributed by atoms with Gasteiger partial charge in [-0.2, -0.15) is 4.98 Å². The predicted molar refractivity (Wildman–Crippen MR) is 230 cm³/mol. The molecular weight excluding hydrogens is 691 g/mol. The molecule has 55 heavy (non-hydrogen) atoms. The second kappa shape index (κ2) is 11.4. The molecule has 0 saturated heterocycles. The number of thiazole rings is 1. The summed E-state index contributed by atoms with van der Waals surface area (Å²) in [6, 6.07) is 54.9. The predicted octanol–water partition coefficient (Wildman–Crippen LogP) is 12.8. The maximum absolute atomic E-state index is 12.8. The minimum atomic E-state index is -0.185. The van der Waals surface area contributed by atoms with E-state index in [0.29, 0.717) is 10.3 Å². The molecule has 0 aliphatic heterocycles. The molecule has 0 saturated carbocycles. The molecule has 0 fully saturated rings. The third kappa shape index (κ3) is 4.51. The zero-order valence-corrected chi connectivity index (χ0v) is 31.9. The third-order valence-corrected chi connectivity index (χ3v) is 13.3. The Hall–Kier alpha value is -6.30. The summed E-state index contributed by atoms with van der Waals surface area (Å²) in [5.41, 5.74) is 17.9. The molecule has 0 N–H and O–H groups in total. The van der Waals surface area contributed by atoms with Gasteiger partial charge in [-0.05, 0) is 110 Å². The second-order valence-electron chi connectivity index (χ2n) is 16.0. The maximum atomic E-state index is 12.8. The molecule has 2 heterocycles. The van der Waals surface area contributed by atoms with Crippen LogP contribution in [-0.4, -0.2) is 9.38 Å². The molecule has 0 unspecified atom stereocenters. The topological polar surface area (TPSA) is 37.6 Å². The van der Waals surface area contributed by atoms with Crippen LogP contribution in [0, 0.1) is 0 Å². The summed E-state index contributed by atoms with van der Waals surface area (Å²) >= 11 is 1.56. The van der Waals surface area contributed by atoms with Crippen LogP contribution in [0.4, 0.5) is 17.1 Å². The van der Waals surface area contributed by atoms with E-state index in [0.717, 1.165) is 38.2 Å². The van der Waals surface area contributed by atoms with Crippen LogP contribution in [0.15, 0.2) is 156 Å². The summed E-state index contributed by atoms with van der Waals surface area (Å²) in [6.45, 7) is 9.41. The van der Waals surface area contributed by atoms with Crippen LogP contribution >= 0.6 is 11.3 Å². The van der Waals surface area contributed by atoms with Crippen molar-refractivity contribution in [2.45, 2.75) is 38.5 Å². The molecule has 0 bridgehead atoms. The lowest BCUT2D eigenvalue weighted by atomic mass is 9.81. The van der Waals surface area contributed by atoms with E-state index in [1.54, 1.807) is 11.3 Å². The van der Waals surface area contributed by atoms with E-state index in [2.05, 4.69) is 169 Å². The van der Waals surface area contributed by atoms with Crippen molar-refractivity contribution in [3.8, 4) is 33.4 Å². The number of fused-ring (bicyclic) bond motifs is 11. The molecule has 0 amide bonds. The Morgan fingerprint density at radius 3 is 1.98 bits per heavy atom. The van der Waals surface area contributed by atoms with E-state index < -0.39 is 0 Å². The first-order valence-electron chi connectivity index (χ1n) is 18.9. The van der Waals surface area contributed by atoms with Gasteiger partial charge in [-0.15, -0.1) is 0 Å². The maximum Gasteiger partial charge on any atom is 0.281 e. The van der Waals surface area contributed by atoms with Gasteiger partial charge >= 0.3 is 0 Å². The van der Waals surface area contributed by atoms with Crippen molar-refractivity contribution in [3.63, 3.8) is 0 Å². The highest BCUT2D eigenvalue weighted by Crippen LogP contribution is 2.55. The summed E-state index contributed by atoms with van der Waals surface area (Å²) in [4.78, 5) is 20.4. The highest BCUT2D eigenvalue weighted by Gasteiger charge is 2.40. The number of benzene rings is 7. The number of para-hydroxylation sites is 1. The molecule has 0 radical (unpaired) electrons. The Bertz CT molecular complexity index is 3130. The van der Waals surface area contributed by atoms with Crippen LogP contribution < -0.4 is 10.5 Å². The van der Waals surface area contributed by atoms with Gasteiger partial charge in [0, 0.05) is 22.2 Å². The fraction of sp³-hybridized carbons (Fsp3) is 0.120. The van der Waals surface area contributed by atoms with Gasteiger partial charge in [0.25, 0.3) is 5.56 Å². The lowest BCUT2D eigenvalue weighted by molar-refractivity contribution is 0.660. The zero-order chi connectivity index (χ0) is 37.2. The summed E-state index contributed by atoms with van der Waals surface area (Å²) in [7, 11) is 0. The quantitative estimate of drug-likeness (QED) is 0.181. The number of nitrogens with zero attached hydrogens (tertiary/aromatic N) is 3. The first-order chi connectivity index (χ1) is 26.7. The summed E-state index contributed by atoms with van der Waals surface area (Å²) in [5, 5.41) is 0.636. The molecule has 264 valence electrons. The van der Waals surface area contributed by atoms with Gasteiger partial charge in [0.1, 0.15) is 0 Å². The standard InChI is InChI=1S/C50H37N3OS/c1-49(2)39-16-8-6-13-35(39)38-29-33(25-26-41(38)49)52(44-19-11-15-36-34-12-5-9-17-40(34)50(3,4)46(36)44)32-23-20-30(21-24-32)31-22-27-43-45(28-31)55-48-51-47(54)37-14-7-10-18-42(37)53(43)48/h5-29H,1-4H3. The number of hydrogen-bond acceptors (Lipinski definition) is 4. The lowest BCUT2D eigenvalue weighted by Crippen LogP contribution is -2.21. The SMILES string of the molecule is CC1(C)c2ccccc2-c2cc(N(c3ccc(-c4ccc5c(c4)sc4nc(=O)c6ccccc6n45)cc3)c3cccc4c3C(C)(C)c3ccccc3-4)ccc21. The highest BCUT2D eigenvalue weighted by molar-refractivity contribution is 7.23. The van der Waals surface area contributed by atoms with E-state index in [9.17, 15) is 4.79 Å². The molecule has 2 aliphatic rings. The van der Waals surface area contributed by atoms with Crippen molar-refractivity contribution >= 4 is 54.5 Å². The van der Waals surface area contributed by atoms with Crippen molar-refractivity contribution in [2.75, 3.05) is 4.90 Å². The molecule has 4 nitrogen and oxygen atoms in total. The molecule has 2 aromatic heterocycles. The summed E-state index contributed by atoms with van der Waals surface area (Å²) in [6.07, 6.45) is 0. The number of aromatic nitrogens is 2. The highest BCUT2D eigenvalue weighted by atomic mass is 32.1. The van der Waals surface area contributed by atoms with Gasteiger partial charge in [-0.1, -0.05) is 136 Å². The molecule has 0 atom stereocenters. The number of hydrogen-bond donors (Lipinski definition) is 0. The van der Waals surface area contributed by atoms with Crippen molar-refractivity contribution < 1.29 is 0 Å². The molecule has 2 aliphatic carbocycles. The first-order valence-corrected chi connectivity index (χ1v) is 19.7. The zero-order valence-electron chi connectivity index (χ0n) is 31.1. The Balaban J connectivity index is 1.07. The van der Waals surface area contributed by atoms with Crippen molar-refractivity contribution in [1.82, 2.24) is 9.38 Å². The minimum Gasteiger partial charge on any atom is -0.310 e. The van der Waals surface area contributed by atoms with Gasteiger partial charge in [0.2, 0.25) is 0 Å². The average molecular weight is 728 g/mol. The molecule has 9 aromatic rings. The fourth-order valence-electron chi connectivity index (χ4n) is 9.59. The molecule has 7 aromatic carbocycles. The van der Waals surface area contributed by atoms with E-state index in [4.69, 9.17) is 0 Å². The summed E-state index contributed by atoms with van der Waals surface area (Å²) in [5.74, 6) is 0. The van der Waals surface area contributed by atoms with Crippen LogP contribution in [-0.2, 0) is 10.8 Å². The fourth-order valence-corrected chi connectivity index (χ4v) is 10.7. The van der Waals surface area contributed by atoms with Crippen LogP contribution in [0.1, 0.15) is 49.9 Å². The van der Waals surface area contributed by atoms with Crippen molar-refractivity contribution in [1.29, 1.82) is 0 Å². The van der Waals surface area contributed by atoms with E-state index >= 15 is 0 Å². The van der Waals surface area contributed by atoms with Crippen LogP contribution in [0.3, 0.4) is 0 Å². The van der Waals surface area contributed by atoms with Crippen molar-refractivity contribution in [3.05, 3.63) is 184 Å². The molecular formula is C50H37N3OS. The average Bonchev–Trinajstić information content (AvgIpc) is 3.78. The third-order valence-electron chi connectivity index (χ3n) is 12.2. The van der Waals surface area contributed by atoms with Gasteiger partial charge in [0.05, 0.1) is 26.8 Å². The van der Waals surface area contributed by atoms with E-state index in [1.165, 1.54) is 50.2 Å². The second-order valence-corrected chi connectivity index (χ2v) is 17.0. The monoisotopic (exact) mass is 727 g/mol. The Labute approximate surface area is 323 Å². The van der Waals surface area contributed by atoms with Crippen LogP contribution in [0.5, 0.6) is 0 Å². The number of anilines is 3. The Kier molecular flexibility index (Phi) is 6.64. The van der Waals surface area contributed by atoms with Crippen LogP contribution in [0.25, 0.3) is 59.5 Å². The van der Waals surface area contributed by atoms with Gasteiger partial charge in [-0.3, -0.25) is 9.20 Å². The largest absolute Gasteiger partial charge is 0.310 e. The molecule has 0 spiro atoms. The smallest absolute Gasteiger partial charge is 0.281 e. The van der Waals surface area contributed by atoms with Gasteiger partial charge in [-0.25, -0.2) is 0 Å². The summed E-state index contributed by atoms with van der Waals surface area (Å²) < 4.78 is 3.20. The normalized spacial score (nSPS) is 14.5. The minimum absolute atomic E-state index is 0.0664. The van der Waals surface area contributed by atoms with Gasteiger partial charge < -0.3 is 4.90 Å². The van der Waals surface area contributed by atoms with E-state index in [1.807, 2.05) is 24.3 Å². The molecule has 11 rings (SSSR count). The van der Waals surface area contributed by atoms with E-state index in [-0.39, 0.29) is 16.4 Å². The first kappa shape index (κ1) is 32.2. The Morgan fingerprint density at radius 1 is 0.545 bits per heavy atom. The molecule has 5 heteroatoms.